The molecular weight excluding hydrogens is 324 g/mol. The summed E-state index contributed by atoms with van der Waals surface area (Å²) in [4.78, 5) is 12.1. The fraction of sp³-hybridized carbons (Fsp3) is 0.533. The van der Waals surface area contributed by atoms with Crippen molar-refractivity contribution in [2.75, 3.05) is 18.1 Å². The molecule has 1 aromatic carbocycles. The van der Waals surface area contributed by atoms with Gasteiger partial charge in [0.05, 0.1) is 4.58 Å². The summed E-state index contributed by atoms with van der Waals surface area (Å²) in [5.74, 6) is 2.39. The van der Waals surface area contributed by atoms with Crippen LogP contribution in [0.5, 0.6) is 0 Å². The average Bonchev–Trinajstić information content (AvgIpc) is 2.48. The van der Waals surface area contributed by atoms with E-state index in [0.717, 1.165) is 0 Å². The van der Waals surface area contributed by atoms with E-state index >= 15 is 0 Å². The van der Waals surface area contributed by atoms with E-state index in [0.29, 0.717) is 16.7 Å². The van der Waals surface area contributed by atoms with E-state index in [1.165, 1.54) is 23.5 Å². The van der Waals surface area contributed by atoms with Crippen LogP contribution in [0.15, 0.2) is 24.3 Å². The molecule has 6 heteroatoms. The van der Waals surface area contributed by atoms with Crippen molar-refractivity contribution in [2.24, 2.45) is 5.73 Å². The maximum Gasteiger partial charge on any atom is 0.251 e. The van der Waals surface area contributed by atoms with Crippen LogP contribution < -0.4 is 11.1 Å². The highest BCUT2D eigenvalue weighted by atomic mass is 35.5. The highest BCUT2D eigenvalue weighted by molar-refractivity contribution is 8.16. The molecule has 1 amide bonds. The van der Waals surface area contributed by atoms with Crippen molar-refractivity contribution in [3.05, 3.63) is 35.4 Å². The number of benzene rings is 1. The third-order valence-corrected chi connectivity index (χ3v) is 6.25. The van der Waals surface area contributed by atoms with Crippen LogP contribution in [0.25, 0.3) is 0 Å². The van der Waals surface area contributed by atoms with Crippen LogP contribution in [0, 0.1) is 0 Å². The number of rotatable bonds is 4. The minimum atomic E-state index is -0.370. The molecule has 0 bridgehead atoms. The molecule has 1 fully saturated rings. The first-order valence-corrected chi connectivity index (χ1v) is 8.97. The Hall–Kier alpha value is -0.360. The molecule has 0 aromatic heterocycles. The van der Waals surface area contributed by atoms with Gasteiger partial charge in [-0.15, -0.1) is 35.9 Å². The maximum absolute atomic E-state index is 12.1. The second-order valence-electron chi connectivity index (χ2n) is 5.59. The van der Waals surface area contributed by atoms with Crippen molar-refractivity contribution in [2.45, 2.75) is 30.4 Å². The average molecular weight is 347 g/mol. The predicted octanol–water partition coefficient (Wildman–Crippen LogP) is 3.44. The van der Waals surface area contributed by atoms with E-state index in [9.17, 15) is 4.79 Å². The van der Waals surface area contributed by atoms with Gasteiger partial charge >= 0.3 is 0 Å². The molecule has 1 aromatic rings. The lowest BCUT2D eigenvalue weighted by atomic mass is 10.0. The van der Waals surface area contributed by atoms with Gasteiger partial charge in [0, 0.05) is 17.6 Å². The van der Waals surface area contributed by atoms with Gasteiger partial charge < -0.3 is 11.1 Å². The van der Waals surface area contributed by atoms with Crippen molar-refractivity contribution >= 4 is 41.8 Å². The first kappa shape index (κ1) is 18.7. The van der Waals surface area contributed by atoms with Crippen molar-refractivity contribution in [3.8, 4) is 0 Å². The lowest BCUT2D eigenvalue weighted by molar-refractivity contribution is 0.0915. The van der Waals surface area contributed by atoms with E-state index in [1.54, 1.807) is 0 Å². The SMILES string of the molecule is CC(C)(CN)NC(=O)c1ccc(C2SCCCS2)cc1.Cl. The van der Waals surface area contributed by atoms with Gasteiger partial charge in [0.15, 0.2) is 0 Å². The molecule has 21 heavy (non-hydrogen) atoms. The lowest BCUT2D eigenvalue weighted by Gasteiger charge is -2.24. The molecule has 0 aliphatic carbocycles. The van der Waals surface area contributed by atoms with Gasteiger partial charge in [-0.25, -0.2) is 0 Å². The molecule has 3 N–H and O–H groups in total. The highest BCUT2D eigenvalue weighted by Crippen LogP contribution is 2.43. The summed E-state index contributed by atoms with van der Waals surface area (Å²) >= 11 is 3.98. The Balaban J connectivity index is 0.00000220. The number of hydrogen-bond donors (Lipinski definition) is 2. The Morgan fingerprint density at radius 3 is 2.38 bits per heavy atom. The van der Waals surface area contributed by atoms with E-state index in [2.05, 4.69) is 17.4 Å². The van der Waals surface area contributed by atoms with Crippen molar-refractivity contribution in [3.63, 3.8) is 0 Å². The molecule has 1 aliphatic heterocycles. The predicted molar refractivity (Wildman–Crippen MR) is 96.6 cm³/mol. The Kier molecular flexibility index (Phi) is 7.40. The fourth-order valence-electron chi connectivity index (χ4n) is 1.90. The van der Waals surface area contributed by atoms with Gasteiger partial charge in [0.1, 0.15) is 0 Å². The fourth-order valence-corrected chi connectivity index (χ4v) is 4.80. The molecule has 0 atom stereocenters. The normalized spacial score (nSPS) is 16.1. The number of carbonyl (C=O) groups is 1. The Bertz CT molecular complexity index is 459. The first-order valence-electron chi connectivity index (χ1n) is 6.87. The Labute approximate surface area is 141 Å². The number of thioether (sulfide) groups is 2. The molecular formula is C15H23ClN2OS2. The molecule has 0 spiro atoms. The van der Waals surface area contributed by atoms with E-state index < -0.39 is 0 Å². The number of carbonyl (C=O) groups excluding carboxylic acids is 1. The lowest BCUT2D eigenvalue weighted by Crippen LogP contribution is -2.48. The molecule has 1 saturated heterocycles. The zero-order valence-electron chi connectivity index (χ0n) is 12.4. The monoisotopic (exact) mass is 346 g/mol. The Morgan fingerprint density at radius 2 is 1.86 bits per heavy atom. The van der Waals surface area contributed by atoms with Gasteiger partial charge in [0.25, 0.3) is 5.91 Å². The molecule has 2 rings (SSSR count). The van der Waals surface area contributed by atoms with Gasteiger partial charge in [0.2, 0.25) is 0 Å². The quantitative estimate of drug-likeness (QED) is 0.876. The number of nitrogens with two attached hydrogens (primary N) is 1. The van der Waals surface area contributed by atoms with Crippen LogP contribution in [0.1, 0.15) is 40.8 Å². The van der Waals surface area contributed by atoms with Crippen LogP contribution in [0.4, 0.5) is 0 Å². The van der Waals surface area contributed by atoms with Crippen LogP contribution in [-0.4, -0.2) is 29.5 Å². The zero-order valence-corrected chi connectivity index (χ0v) is 14.9. The second kappa shape index (κ2) is 8.32. The minimum Gasteiger partial charge on any atom is -0.346 e. The second-order valence-corrected chi connectivity index (χ2v) is 8.32. The summed E-state index contributed by atoms with van der Waals surface area (Å²) in [5.41, 5.74) is 7.26. The van der Waals surface area contributed by atoms with Crippen LogP contribution >= 0.6 is 35.9 Å². The smallest absolute Gasteiger partial charge is 0.251 e. The van der Waals surface area contributed by atoms with E-state index in [-0.39, 0.29) is 23.9 Å². The van der Waals surface area contributed by atoms with Gasteiger partial charge in [-0.1, -0.05) is 12.1 Å². The molecule has 118 valence electrons. The Morgan fingerprint density at radius 1 is 1.29 bits per heavy atom. The molecule has 0 unspecified atom stereocenters. The summed E-state index contributed by atoms with van der Waals surface area (Å²) in [6, 6.07) is 7.96. The van der Waals surface area contributed by atoms with Crippen LogP contribution in [-0.2, 0) is 0 Å². The van der Waals surface area contributed by atoms with Gasteiger partial charge in [-0.05, 0) is 49.5 Å². The van der Waals surface area contributed by atoms with E-state index in [4.69, 9.17) is 5.73 Å². The molecule has 0 radical (unpaired) electrons. The topological polar surface area (TPSA) is 55.1 Å². The summed E-state index contributed by atoms with van der Waals surface area (Å²) in [5, 5.41) is 2.95. The maximum atomic E-state index is 12.1. The van der Waals surface area contributed by atoms with Crippen molar-refractivity contribution in [1.82, 2.24) is 5.32 Å². The van der Waals surface area contributed by atoms with Crippen LogP contribution in [0.2, 0.25) is 0 Å². The van der Waals surface area contributed by atoms with Gasteiger partial charge in [-0.3, -0.25) is 4.79 Å². The number of halogens is 1. The summed E-state index contributed by atoms with van der Waals surface area (Å²) in [7, 11) is 0. The third-order valence-electron chi connectivity index (χ3n) is 3.23. The molecule has 1 heterocycles. The first-order chi connectivity index (χ1) is 9.52. The highest BCUT2D eigenvalue weighted by Gasteiger charge is 2.20. The molecule has 3 nitrogen and oxygen atoms in total. The third kappa shape index (κ3) is 5.40. The van der Waals surface area contributed by atoms with Crippen molar-refractivity contribution in [1.29, 1.82) is 0 Å². The zero-order chi connectivity index (χ0) is 14.6. The van der Waals surface area contributed by atoms with Crippen molar-refractivity contribution < 1.29 is 4.79 Å². The molecule has 0 saturated carbocycles. The summed E-state index contributed by atoms with van der Waals surface area (Å²) in [6.45, 7) is 4.27. The standard InChI is InChI=1S/C15H22N2OS2.ClH/c1-15(2,10-16)17-13(18)11-4-6-12(7-5-11)14-19-8-3-9-20-14;/h4-7,14H,3,8-10,16H2,1-2H3,(H,17,18);1H. The molecule has 1 aliphatic rings. The van der Waals surface area contributed by atoms with Gasteiger partial charge in [-0.2, -0.15) is 0 Å². The number of amides is 1. The number of nitrogens with one attached hydrogen (secondary N) is 1. The summed E-state index contributed by atoms with van der Waals surface area (Å²) in [6.07, 6.45) is 1.29. The van der Waals surface area contributed by atoms with E-state index in [1.807, 2.05) is 49.5 Å². The minimum absolute atomic E-state index is 0. The largest absolute Gasteiger partial charge is 0.346 e. The number of hydrogen-bond acceptors (Lipinski definition) is 4. The summed E-state index contributed by atoms with van der Waals surface area (Å²) < 4.78 is 0.515. The van der Waals surface area contributed by atoms with Crippen LogP contribution in [0.3, 0.4) is 0 Å².